The third kappa shape index (κ3) is 3.78. The Kier molecular flexibility index (Phi) is 5.39. The van der Waals surface area contributed by atoms with Crippen molar-refractivity contribution in [2.75, 3.05) is 13.7 Å². The fraction of sp³-hybridized carbons (Fsp3) is 0.409. The molecule has 4 rings (SSSR count). The van der Waals surface area contributed by atoms with Crippen LogP contribution in [0.25, 0.3) is 5.82 Å². The van der Waals surface area contributed by atoms with Gasteiger partial charge in [-0.25, -0.2) is 9.97 Å². The van der Waals surface area contributed by atoms with Crippen molar-refractivity contribution in [3.63, 3.8) is 0 Å². The molecule has 1 atom stereocenters. The van der Waals surface area contributed by atoms with Crippen LogP contribution in [0.3, 0.4) is 0 Å². The van der Waals surface area contributed by atoms with Gasteiger partial charge in [-0.2, -0.15) is 0 Å². The number of ether oxygens (including phenoxy) is 1. The van der Waals surface area contributed by atoms with Crippen LogP contribution >= 0.6 is 0 Å². The van der Waals surface area contributed by atoms with E-state index in [0.29, 0.717) is 12.0 Å². The predicted molar refractivity (Wildman–Crippen MR) is 109 cm³/mol. The zero-order chi connectivity index (χ0) is 19.5. The highest BCUT2D eigenvalue weighted by atomic mass is 16.5. The first kappa shape index (κ1) is 18.6. The van der Waals surface area contributed by atoms with Gasteiger partial charge in [0.25, 0.3) is 0 Å². The largest absolute Gasteiger partial charge is 0.497 e. The van der Waals surface area contributed by atoms with Gasteiger partial charge >= 0.3 is 0 Å². The van der Waals surface area contributed by atoms with E-state index in [9.17, 15) is 0 Å². The normalized spacial score (nSPS) is 17.4. The lowest BCUT2D eigenvalue weighted by Gasteiger charge is -2.24. The number of nitrogens with zero attached hydrogens (tertiary/aromatic N) is 5. The van der Waals surface area contributed by atoms with Crippen LogP contribution in [-0.2, 0) is 6.54 Å². The summed E-state index contributed by atoms with van der Waals surface area (Å²) in [6, 6.07) is 8.61. The van der Waals surface area contributed by atoms with Gasteiger partial charge in [0.2, 0.25) is 0 Å². The molecule has 1 aliphatic rings. The molecule has 3 heterocycles. The molecule has 1 aromatic carbocycles. The highest BCUT2D eigenvalue weighted by Gasteiger charge is 2.28. The Hall–Kier alpha value is -2.73. The van der Waals surface area contributed by atoms with E-state index >= 15 is 0 Å². The fourth-order valence-electron chi connectivity index (χ4n) is 3.90. The van der Waals surface area contributed by atoms with Crippen molar-refractivity contribution in [1.29, 1.82) is 0 Å². The average Bonchev–Trinajstić information content (AvgIpc) is 3.38. The molecule has 0 bridgehead atoms. The van der Waals surface area contributed by atoms with Crippen LogP contribution in [0.5, 0.6) is 5.75 Å². The maximum absolute atomic E-state index is 5.27. The SMILES string of the molecule is COc1ccc(CN2CCC[C@H]2c2cncc(-n3ccnc3C(C)C)n2)cc1. The van der Waals surface area contributed by atoms with Gasteiger partial charge in [0, 0.05) is 24.9 Å². The summed E-state index contributed by atoms with van der Waals surface area (Å²) >= 11 is 0. The van der Waals surface area contributed by atoms with E-state index in [1.165, 1.54) is 12.0 Å². The molecule has 0 spiro atoms. The van der Waals surface area contributed by atoms with E-state index in [-0.39, 0.29) is 0 Å². The quantitative estimate of drug-likeness (QED) is 0.646. The number of benzene rings is 1. The Labute approximate surface area is 166 Å². The van der Waals surface area contributed by atoms with Crippen LogP contribution in [-0.4, -0.2) is 38.1 Å². The van der Waals surface area contributed by atoms with Gasteiger partial charge in [-0.05, 0) is 37.1 Å². The molecule has 6 nitrogen and oxygen atoms in total. The number of aromatic nitrogens is 4. The summed E-state index contributed by atoms with van der Waals surface area (Å²) in [4.78, 5) is 16.4. The Morgan fingerprint density at radius 3 is 2.75 bits per heavy atom. The van der Waals surface area contributed by atoms with Gasteiger partial charge in [-0.3, -0.25) is 14.5 Å². The maximum Gasteiger partial charge on any atom is 0.156 e. The number of likely N-dealkylation sites (tertiary alicyclic amines) is 1. The molecule has 0 amide bonds. The summed E-state index contributed by atoms with van der Waals surface area (Å²) in [5.41, 5.74) is 2.32. The van der Waals surface area contributed by atoms with Crippen LogP contribution < -0.4 is 4.74 Å². The molecule has 2 aromatic heterocycles. The van der Waals surface area contributed by atoms with E-state index in [1.807, 2.05) is 41.5 Å². The van der Waals surface area contributed by atoms with Crippen LogP contribution in [0, 0.1) is 0 Å². The van der Waals surface area contributed by atoms with Crippen molar-refractivity contribution < 1.29 is 4.74 Å². The summed E-state index contributed by atoms with van der Waals surface area (Å²) in [5, 5.41) is 0. The molecule has 0 N–H and O–H groups in total. The van der Waals surface area contributed by atoms with Gasteiger partial charge in [-0.1, -0.05) is 26.0 Å². The molecule has 28 heavy (non-hydrogen) atoms. The summed E-state index contributed by atoms with van der Waals surface area (Å²) in [5.74, 6) is 3.07. The number of methoxy groups -OCH3 is 1. The molecule has 1 fully saturated rings. The molecule has 0 saturated carbocycles. The minimum Gasteiger partial charge on any atom is -0.497 e. The Balaban J connectivity index is 1.56. The zero-order valence-electron chi connectivity index (χ0n) is 16.7. The van der Waals surface area contributed by atoms with Crippen molar-refractivity contribution in [2.24, 2.45) is 0 Å². The number of rotatable bonds is 6. The standard InChI is InChI=1S/C22H27N5O/c1-16(2)22-24-10-12-27(22)21-14-23-13-19(25-21)20-5-4-11-26(20)15-17-6-8-18(28-3)9-7-17/h6-10,12-14,16,20H,4-5,11,15H2,1-3H3/t20-/m0/s1. The van der Waals surface area contributed by atoms with Crippen molar-refractivity contribution in [3.05, 3.63) is 66.1 Å². The molecular formula is C22H27N5O. The lowest BCUT2D eigenvalue weighted by atomic mass is 10.1. The van der Waals surface area contributed by atoms with Crippen LogP contribution in [0.1, 0.15) is 55.7 Å². The summed E-state index contributed by atoms with van der Waals surface area (Å²) in [6.07, 6.45) is 9.80. The second-order valence-corrected chi connectivity index (χ2v) is 7.59. The minimum atomic E-state index is 0.292. The average molecular weight is 377 g/mol. The maximum atomic E-state index is 5.27. The molecule has 1 saturated heterocycles. The van der Waals surface area contributed by atoms with Crippen LogP contribution in [0.15, 0.2) is 49.1 Å². The lowest BCUT2D eigenvalue weighted by Crippen LogP contribution is -2.24. The second kappa shape index (κ2) is 8.10. The summed E-state index contributed by atoms with van der Waals surface area (Å²) < 4.78 is 7.31. The van der Waals surface area contributed by atoms with Crippen molar-refractivity contribution >= 4 is 0 Å². The molecule has 0 radical (unpaired) electrons. The van der Waals surface area contributed by atoms with Crippen molar-refractivity contribution in [3.8, 4) is 11.6 Å². The number of hydrogen-bond donors (Lipinski definition) is 0. The van der Waals surface area contributed by atoms with Gasteiger partial charge in [0.15, 0.2) is 5.82 Å². The first-order valence-corrected chi connectivity index (χ1v) is 9.88. The third-order valence-corrected chi connectivity index (χ3v) is 5.32. The lowest BCUT2D eigenvalue weighted by molar-refractivity contribution is 0.244. The van der Waals surface area contributed by atoms with Gasteiger partial charge in [-0.15, -0.1) is 0 Å². The van der Waals surface area contributed by atoms with E-state index in [1.54, 1.807) is 7.11 Å². The van der Waals surface area contributed by atoms with Crippen LogP contribution in [0.2, 0.25) is 0 Å². The molecule has 6 heteroatoms. The van der Waals surface area contributed by atoms with E-state index in [2.05, 4.69) is 40.8 Å². The fourth-order valence-corrected chi connectivity index (χ4v) is 3.90. The highest BCUT2D eigenvalue weighted by molar-refractivity contribution is 5.28. The Morgan fingerprint density at radius 2 is 2.00 bits per heavy atom. The Bertz CT molecular complexity index is 919. The number of hydrogen-bond acceptors (Lipinski definition) is 5. The van der Waals surface area contributed by atoms with E-state index < -0.39 is 0 Å². The topological polar surface area (TPSA) is 56.1 Å². The molecule has 0 aliphatic carbocycles. The second-order valence-electron chi connectivity index (χ2n) is 7.59. The molecule has 3 aromatic rings. The minimum absolute atomic E-state index is 0.292. The monoisotopic (exact) mass is 377 g/mol. The Morgan fingerprint density at radius 1 is 1.18 bits per heavy atom. The van der Waals surface area contributed by atoms with Gasteiger partial charge in [0.05, 0.1) is 31.2 Å². The molecule has 0 unspecified atom stereocenters. The third-order valence-electron chi connectivity index (χ3n) is 5.32. The van der Waals surface area contributed by atoms with E-state index in [0.717, 1.165) is 42.6 Å². The molecule has 146 valence electrons. The smallest absolute Gasteiger partial charge is 0.156 e. The van der Waals surface area contributed by atoms with Crippen LogP contribution in [0.4, 0.5) is 0 Å². The first-order chi connectivity index (χ1) is 13.7. The van der Waals surface area contributed by atoms with Crippen molar-refractivity contribution in [1.82, 2.24) is 24.4 Å². The zero-order valence-corrected chi connectivity index (χ0v) is 16.7. The van der Waals surface area contributed by atoms with Gasteiger partial charge < -0.3 is 4.74 Å². The highest BCUT2D eigenvalue weighted by Crippen LogP contribution is 2.32. The van der Waals surface area contributed by atoms with Gasteiger partial charge in [0.1, 0.15) is 11.6 Å². The predicted octanol–water partition coefficient (Wildman–Crippen LogP) is 4.13. The molecular weight excluding hydrogens is 350 g/mol. The molecule has 1 aliphatic heterocycles. The van der Waals surface area contributed by atoms with Crippen molar-refractivity contribution in [2.45, 2.75) is 45.2 Å². The summed E-state index contributed by atoms with van der Waals surface area (Å²) in [6.45, 7) is 6.27. The van der Waals surface area contributed by atoms with E-state index in [4.69, 9.17) is 9.72 Å². The first-order valence-electron chi connectivity index (χ1n) is 9.88. The summed E-state index contributed by atoms with van der Waals surface area (Å²) in [7, 11) is 1.70. The number of imidazole rings is 1.